The fraction of sp³-hybridized carbons (Fsp3) is 0.200. The number of hydrogen-bond acceptors (Lipinski definition) is 3. The highest BCUT2D eigenvalue weighted by molar-refractivity contribution is 5.50. The highest BCUT2D eigenvalue weighted by Gasteiger charge is 2.09. The maximum absolute atomic E-state index is 13.3. The Morgan fingerprint density at radius 3 is 2.57 bits per heavy atom. The van der Waals surface area contributed by atoms with E-state index in [1.807, 2.05) is 0 Å². The summed E-state index contributed by atoms with van der Waals surface area (Å²) in [6.45, 7) is -2.62. The van der Waals surface area contributed by atoms with E-state index in [9.17, 15) is 13.2 Å². The van der Waals surface area contributed by atoms with Crippen LogP contribution in [0.15, 0.2) is 42.5 Å². The van der Waals surface area contributed by atoms with Crippen molar-refractivity contribution in [2.75, 3.05) is 12.4 Å². The van der Waals surface area contributed by atoms with Gasteiger partial charge in [-0.1, -0.05) is 18.2 Å². The van der Waals surface area contributed by atoms with Gasteiger partial charge in [-0.25, -0.2) is 4.39 Å². The Bertz CT molecular complexity index is 605. The number of nitrogens with one attached hydrogen (secondary N) is 1. The van der Waals surface area contributed by atoms with Crippen molar-refractivity contribution in [1.29, 1.82) is 0 Å². The molecule has 0 radical (unpaired) electrons. The maximum Gasteiger partial charge on any atom is 0.387 e. The normalized spacial score (nSPS) is 10.5. The SMILES string of the molecule is COc1cc(NCc2ccccc2OC(F)F)ccc1F. The Morgan fingerprint density at radius 1 is 1.10 bits per heavy atom. The van der Waals surface area contributed by atoms with Gasteiger partial charge < -0.3 is 14.8 Å². The summed E-state index contributed by atoms with van der Waals surface area (Å²) in [6.07, 6.45) is 0. The van der Waals surface area contributed by atoms with Crippen molar-refractivity contribution in [1.82, 2.24) is 0 Å². The van der Waals surface area contributed by atoms with Gasteiger partial charge in [-0.2, -0.15) is 8.78 Å². The quantitative estimate of drug-likeness (QED) is 0.872. The molecule has 0 spiro atoms. The number of para-hydroxylation sites is 1. The summed E-state index contributed by atoms with van der Waals surface area (Å²) in [6, 6.07) is 10.8. The lowest BCUT2D eigenvalue weighted by Gasteiger charge is -2.12. The number of methoxy groups -OCH3 is 1. The van der Waals surface area contributed by atoms with Crippen LogP contribution in [0.1, 0.15) is 5.56 Å². The van der Waals surface area contributed by atoms with E-state index in [1.165, 1.54) is 31.4 Å². The van der Waals surface area contributed by atoms with Crippen molar-refractivity contribution in [2.24, 2.45) is 0 Å². The molecular formula is C15H14F3NO2. The standard InChI is InChI=1S/C15H14F3NO2/c1-20-14-8-11(6-7-12(14)16)19-9-10-4-2-3-5-13(10)21-15(17)18/h2-8,15,19H,9H2,1H3. The van der Waals surface area contributed by atoms with Gasteiger partial charge in [-0.15, -0.1) is 0 Å². The molecular weight excluding hydrogens is 283 g/mol. The third-order valence-electron chi connectivity index (χ3n) is 2.82. The third-order valence-corrected chi connectivity index (χ3v) is 2.82. The molecule has 0 aliphatic rings. The Labute approximate surface area is 120 Å². The minimum Gasteiger partial charge on any atom is -0.494 e. The van der Waals surface area contributed by atoms with Crippen molar-refractivity contribution in [3.8, 4) is 11.5 Å². The molecule has 2 aromatic carbocycles. The summed E-state index contributed by atoms with van der Waals surface area (Å²) in [5, 5.41) is 3.00. The average Bonchev–Trinajstić information content (AvgIpc) is 2.47. The summed E-state index contributed by atoms with van der Waals surface area (Å²) in [7, 11) is 1.37. The lowest BCUT2D eigenvalue weighted by Crippen LogP contribution is -2.07. The Morgan fingerprint density at radius 2 is 1.86 bits per heavy atom. The summed E-state index contributed by atoms with van der Waals surface area (Å²) in [4.78, 5) is 0. The molecule has 112 valence electrons. The molecule has 3 nitrogen and oxygen atoms in total. The van der Waals surface area contributed by atoms with E-state index >= 15 is 0 Å². The average molecular weight is 297 g/mol. The zero-order valence-electron chi connectivity index (χ0n) is 11.3. The van der Waals surface area contributed by atoms with Crippen LogP contribution in [0.4, 0.5) is 18.9 Å². The molecule has 0 aliphatic heterocycles. The highest BCUT2D eigenvalue weighted by Crippen LogP contribution is 2.24. The summed E-state index contributed by atoms with van der Waals surface area (Å²) in [5.74, 6) is -0.254. The van der Waals surface area contributed by atoms with Crippen LogP contribution >= 0.6 is 0 Å². The predicted octanol–water partition coefficient (Wildman–Crippen LogP) is 4.05. The minimum absolute atomic E-state index is 0.106. The van der Waals surface area contributed by atoms with Crippen LogP contribution in [-0.2, 0) is 6.54 Å². The number of alkyl halides is 2. The van der Waals surface area contributed by atoms with Gasteiger partial charge in [0.15, 0.2) is 11.6 Å². The summed E-state index contributed by atoms with van der Waals surface area (Å²) >= 11 is 0. The molecule has 1 N–H and O–H groups in total. The van der Waals surface area contributed by atoms with Gasteiger partial charge in [0.25, 0.3) is 0 Å². The molecule has 0 unspecified atom stereocenters. The number of anilines is 1. The van der Waals surface area contributed by atoms with E-state index in [2.05, 4.69) is 10.1 Å². The van der Waals surface area contributed by atoms with Crippen LogP contribution in [0.2, 0.25) is 0 Å². The Balaban J connectivity index is 2.09. The van der Waals surface area contributed by atoms with Gasteiger partial charge in [0.1, 0.15) is 5.75 Å². The second-order valence-electron chi connectivity index (χ2n) is 4.19. The minimum atomic E-state index is -2.88. The zero-order valence-corrected chi connectivity index (χ0v) is 11.3. The van der Waals surface area contributed by atoms with Gasteiger partial charge in [0.05, 0.1) is 7.11 Å². The molecule has 0 atom stereocenters. The molecule has 0 bridgehead atoms. The lowest BCUT2D eigenvalue weighted by atomic mass is 10.2. The molecule has 0 aromatic heterocycles. The first kappa shape index (κ1) is 15.0. The van der Waals surface area contributed by atoms with E-state index in [1.54, 1.807) is 18.2 Å². The molecule has 0 heterocycles. The molecule has 2 rings (SSSR count). The number of ether oxygens (including phenoxy) is 2. The monoisotopic (exact) mass is 297 g/mol. The van der Waals surface area contributed by atoms with Crippen LogP contribution in [0, 0.1) is 5.82 Å². The predicted molar refractivity (Wildman–Crippen MR) is 73.4 cm³/mol. The molecule has 2 aromatic rings. The molecule has 6 heteroatoms. The second-order valence-corrected chi connectivity index (χ2v) is 4.19. The van der Waals surface area contributed by atoms with Gasteiger partial charge in [0, 0.05) is 23.9 Å². The first-order valence-electron chi connectivity index (χ1n) is 6.20. The molecule has 0 aliphatic carbocycles. The van der Waals surface area contributed by atoms with Crippen molar-refractivity contribution >= 4 is 5.69 Å². The van der Waals surface area contributed by atoms with E-state index in [0.29, 0.717) is 11.3 Å². The largest absolute Gasteiger partial charge is 0.494 e. The van der Waals surface area contributed by atoms with Crippen molar-refractivity contribution in [2.45, 2.75) is 13.2 Å². The first-order chi connectivity index (χ1) is 10.1. The second kappa shape index (κ2) is 6.88. The van der Waals surface area contributed by atoms with Crippen LogP contribution in [-0.4, -0.2) is 13.7 Å². The van der Waals surface area contributed by atoms with E-state index in [0.717, 1.165) is 0 Å². The third kappa shape index (κ3) is 4.05. The number of benzene rings is 2. The summed E-state index contributed by atoms with van der Waals surface area (Å²) < 4.78 is 47.2. The zero-order chi connectivity index (χ0) is 15.2. The molecule has 21 heavy (non-hydrogen) atoms. The Hall–Kier alpha value is -2.37. The molecule has 0 amide bonds. The lowest BCUT2D eigenvalue weighted by molar-refractivity contribution is -0.0504. The fourth-order valence-corrected chi connectivity index (χ4v) is 1.83. The van der Waals surface area contributed by atoms with Gasteiger partial charge >= 0.3 is 6.61 Å². The number of hydrogen-bond donors (Lipinski definition) is 1. The van der Waals surface area contributed by atoms with Crippen LogP contribution in [0.5, 0.6) is 11.5 Å². The Kier molecular flexibility index (Phi) is 4.92. The number of halogens is 3. The van der Waals surface area contributed by atoms with Crippen LogP contribution < -0.4 is 14.8 Å². The fourth-order valence-electron chi connectivity index (χ4n) is 1.83. The van der Waals surface area contributed by atoms with Gasteiger partial charge in [-0.3, -0.25) is 0 Å². The maximum atomic E-state index is 13.3. The van der Waals surface area contributed by atoms with E-state index < -0.39 is 12.4 Å². The first-order valence-corrected chi connectivity index (χ1v) is 6.20. The van der Waals surface area contributed by atoms with Gasteiger partial charge in [-0.05, 0) is 18.2 Å². The van der Waals surface area contributed by atoms with Crippen molar-refractivity contribution in [3.63, 3.8) is 0 Å². The smallest absolute Gasteiger partial charge is 0.387 e. The molecule has 0 fully saturated rings. The van der Waals surface area contributed by atoms with E-state index in [-0.39, 0.29) is 18.0 Å². The van der Waals surface area contributed by atoms with E-state index in [4.69, 9.17) is 4.74 Å². The molecule has 0 saturated heterocycles. The molecule has 0 saturated carbocycles. The number of rotatable bonds is 6. The van der Waals surface area contributed by atoms with Crippen molar-refractivity contribution in [3.05, 3.63) is 53.8 Å². The van der Waals surface area contributed by atoms with Crippen LogP contribution in [0.25, 0.3) is 0 Å². The van der Waals surface area contributed by atoms with Crippen LogP contribution in [0.3, 0.4) is 0 Å². The topological polar surface area (TPSA) is 30.5 Å². The summed E-state index contributed by atoms with van der Waals surface area (Å²) in [5.41, 5.74) is 1.18. The van der Waals surface area contributed by atoms with Gasteiger partial charge in [0.2, 0.25) is 0 Å². The van der Waals surface area contributed by atoms with Crippen molar-refractivity contribution < 1.29 is 22.6 Å². The highest BCUT2D eigenvalue weighted by atomic mass is 19.3.